The van der Waals surface area contributed by atoms with Gasteiger partial charge in [0.2, 0.25) is 0 Å². The molecule has 0 heterocycles. The van der Waals surface area contributed by atoms with Crippen LogP contribution in [0.3, 0.4) is 0 Å². The van der Waals surface area contributed by atoms with Crippen LogP contribution in [-0.2, 0) is 8.98 Å². The lowest BCUT2D eigenvalue weighted by Gasteiger charge is -2.40. The van der Waals surface area contributed by atoms with E-state index in [4.69, 9.17) is 0 Å². The molecule has 0 bridgehead atoms. The second kappa shape index (κ2) is 9.02. The first-order valence-electron chi connectivity index (χ1n) is 8.67. The van der Waals surface area contributed by atoms with E-state index in [-0.39, 0.29) is 36.4 Å². The Bertz CT molecular complexity index is 1130. The van der Waals surface area contributed by atoms with Gasteiger partial charge in [0, 0.05) is 46.7 Å². The molecule has 2 nitrogen and oxygen atoms in total. The fourth-order valence-electron chi connectivity index (χ4n) is 3.00. The molecule has 0 spiro atoms. The molecule has 0 amide bonds. The normalized spacial score (nSPS) is 12.6. The van der Waals surface area contributed by atoms with Crippen molar-refractivity contribution in [2.24, 2.45) is 0 Å². The highest BCUT2D eigenvalue weighted by Crippen LogP contribution is 2.73. The zero-order valence-corrected chi connectivity index (χ0v) is 17.0. The van der Waals surface area contributed by atoms with Gasteiger partial charge in [-0.3, -0.25) is 0 Å². The fraction of sp³-hybridized carbons (Fsp3) is 0.0500. The van der Waals surface area contributed by atoms with Gasteiger partial charge in [0.25, 0.3) is 0 Å². The Morgan fingerprint density at radius 1 is 0.543 bits per heavy atom. The molecule has 0 unspecified atom stereocenters. The highest BCUT2D eigenvalue weighted by Gasteiger charge is 2.53. The maximum absolute atomic E-state index is 14.8. The molecule has 3 aromatic rings. The smallest absolute Gasteiger partial charge is 0.395 e. The molecule has 3 aromatic carbocycles. The standard InChI is InChI=1S/C20H6F12O2S/c21-7-1-10(24)16(11(25)2-7)35(34-19(33)20(30,31)32,17-12(26)3-8(22)4-13(17)27)18-14(28)5-9(23)6-15(18)29/h1-6H. The second-order valence-corrected chi connectivity index (χ2v) is 9.02. The number of rotatable bonds is 4. The lowest BCUT2D eigenvalue weighted by atomic mass is 10.3. The first-order chi connectivity index (χ1) is 16.1. The van der Waals surface area contributed by atoms with Gasteiger partial charge in [-0.2, -0.15) is 13.2 Å². The van der Waals surface area contributed by atoms with E-state index in [0.717, 1.165) is 0 Å². The summed E-state index contributed by atoms with van der Waals surface area (Å²) in [4.78, 5) is 5.38. The fourth-order valence-corrected chi connectivity index (χ4v) is 6.19. The number of alkyl halides is 3. The molecule has 0 atom stereocenters. The molecule has 0 radical (unpaired) electrons. The van der Waals surface area contributed by atoms with Crippen molar-refractivity contribution in [1.29, 1.82) is 0 Å². The number of hydrogen-bond acceptors (Lipinski definition) is 2. The SMILES string of the molecule is O=C(OS(c1c(F)cc(F)cc1F)(c1c(F)cc(F)cc1F)c1c(F)cc(F)cc1F)C(F)(F)F. The molecule has 0 N–H and O–H groups in total. The van der Waals surface area contributed by atoms with Crippen molar-refractivity contribution in [3.05, 3.63) is 88.8 Å². The van der Waals surface area contributed by atoms with E-state index in [0.29, 0.717) is 0 Å². The van der Waals surface area contributed by atoms with Crippen LogP contribution in [0.4, 0.5) is 52.7 Å². The second-order valence-electron chi connectivity index (χ2n) is 6.52. The third kappa shape index (κ3) is 4.63. The Labute approximate surface area is 188 Å². The number of carbonyl (C=O) groups excluding carboxylic acids is 1. The Morgan fingerprint density at radius 2 is 0.771 bits per heavy atom. The molecule has 35 heavy (non-hydrogen) atoms. The summed E-state index contributed by atoms with van der Waals surface area (Å²) in [6.45, 7) is 0. The minimum atomic E-state index is -6.09. The molecule has 0 aliphatic rings. The Kier molecular flexibility index (Phi) is 6.76. The highest BCUT2D eigenvalue weighted by atomic mass is 32.3. The van der Waals surface area contributed by atoms with Crippen molar-refractivity contribution in [3.63, 3.8) is 0 Å². The molecule has 0 aliphatic heterocycles. The molecule has 0 saturated carbocycles. The maximum Gasteiger partial charge on any atom is 0.491 e. The largest absolute Gasteiger partial charge is 0.491 e. The third-order valence-corrected chi connectivity index (χ3v) is 7.48. The van der Waals surface area contributed by atoms with Crippen LogP contribution >= 0.6 is 10.3 Å². The summed E-state index contributed by atoms with van der Waals surface area (Å²) >= 11 is 0. The number of benzene rings is 3. The summed E-state index contributed by atoms with van der Waals surface area (Å²) in [5, 5.41) is 0. The highest BCUT2D eigenvalue weighted by molar-refractivity contribution is 8.30. The topological polar surface area (TPSA) is 26.3 Å². The summed E-state index contributed by atoms with van der Waals surface area (Å²) in [6, 6.07) is -1.58. The van der Waals surface area contributed by atoms with Crippen LogP contribution in [0.2, 0.25) is 0 Å². The van der Waals surface area contributed by atoms with Crippen molar-refractivity contribution in [1.82, 2.24) is 0 Å². The van der Waals surface area contributed by atoms with Crippen molar-refractivity contribution < 1.29 is 61.7 Å². The third-order valence-electron chi connectivity index (χ3n) is 4.18. The van der Waals surface area contributed by atoms with E-state index in [2.05, 4.69) is 4.18 Å². The van der Waals surface area contributed by atoms with E-state index in [9.17, 15) is 57.5 Å². The zero-order valence-electron chi connectivity index (χ0n) is 16.2. The molecule has 0 fully saturated rings. The van der Waals surface area contributed by atoms with E-state index in [1.807, 2.05) is 0 Å². The summed E-state index contributed by atoms with van der Waals surface area (Å²) in [5.41, 5.74) is 0. The van der Waals surface area contributed by atoms with Crippen LogP contribution in [0.25, 0.3) is 0 Å². The monoisotopic (exact) mass is 538 g/mol. The average molecular weight is 538 g/mol. The van der Waals surface area contributed by atoms with Gasteiger partial charge in [0.05, 0.1) is 0 Å². The van der Waals surface area contributed by atoms with Crippen LogP contribution in [0.5, 0.6) is 0 Å². The van der Waals surface area contributed by atoms with Gasteiger partial charge in [0.1, 0.15) is 67.0 Å². The number of carbonyl (C=O) groups is 1. The molecule has 0 aliphatic carbocycles. The van der Waals surface area contributed by atoms with E-state index in [1.54, 1.807) is 0 Å². The maximum atomic E-state index is 14.8. The quantitative estimate of drug-likeness (QED) is 0.328. The van der Waals surface area contributed by atoms with Gasteiger partial charge in [-0.05, 0) is 0 Å². The molecule has 15 heteroatoms. The number of halogens is 12. The van der Waals surface area contributed by atoms with Crippen LogP contribution < -0.4 is 0 Å². The van der Waals surface area contributed by atoms with Crippen molar-refractivity contribution in [2.75, 3.05) is 0 Å². The van der Waals surface area contributed by atoms with Crippen molar-refractivity contribution >= 4 is 16.3 Å². The van der Waals surface area contributed by atoms with Crippen molar-refractivity contribution in [3.8, 4) is 0 Å². The predicted molar refractivity (Wildman–Crippen MR) is 93.5 cm³/mol. The molecular formula is C20H6F12O2S. The first kappa shape index (κ1) is 26.2. The van der Waals surface area contributed by atoms with Crippen LogP contribution in [0.1, 0.15) is 0 Å². The van der Waals surface area contributed by atoms with Gasteiger partial charge in [-0.25, -0.2) is 44.3 Å². The lowest BCUT2D eigenvalue weighted by Crippen LogP contribution is -2.29. The van der Waals surface area contributed by atoms with Gasteiger partial charge in [0.15, 0.2) is 0 Å². The van der Waals surface area contributed by atoms with Gasteiger partial charge in [-0.15, -0.1) is 0 Å². The Morgan fingerprint density at radius 3 is 0.971 bits per heavy atom. The van der Waals surface area contributed by atoms with Gasteiger partial charge >= 0.3 is 12.1 Å². The van der Waals surface area contributed by atoms with E-state index >= 15 is 0 Å². The summed E-state index contributed by atoms with van der Waals surface area (Å²) in [5.74, 6) is -22.5. The van der Waals surface area contributed by atoms with Crippen LogP contribution in [0.15, 0.2) is 51.1 Å². The minimum absolute atomic E-state index is 0.264. The van der Waals surface area contributed by atoms with Crippen LogP contribution in [0, 0.1) is 52.4 Å². The molecule has 188 valence electrons. The van der Waals surface area contributed by atoms with Crippen molar-refractivity contribution in [2.45, 2.75) is 20.9 Å². The Hall–Kier alpha value is -3.36. The summed E-state index contributed by atoms with van der Waals surface area (Å²) in [7, 11) is -5.87. The van der Waals surface area contributed by atoms with Gasteiger partial charge in [-0.1, -0.05) is 0 Å². The molecule has 3 rings (SSSR count). The number of hydrogen-bond donors (Lipinski definition) is 0. The first-order valence-corrected chi connectivity index (χ1v) is 10.2. The van der Waals surface area contributed by atoms with Gasteiger partial charge < -0.3 is 4.18 Å². The summed E-state index contributed by atoms with van der Waals surface area (Å²) in [6.07, 6.45) is -6.09. The average Bonchev–Trinajstić information content (AvgIpc) is 2.64. The predicted octanol–water partition coefficient (Wildman–Crippen LogP) is 7.24. The molecule has 0 saturated heterocycles. The molecular weight excluding hydrogens is 532 g/mol. The minimum Gasteiger partial charge on any atom is -0.395 e. The Balaban J connectivity index is 2.68. The van der Waals surface area contributed by atoms with Crippen LogP contribution in [-0.4, -0.2) is 12.1 Å². The summed E-state index contributed by atoms with van der Waals surface area (Å²) < 4.78 is 173. The zero-order chi connectivity index (χ0) is 26.5. The molecule has 0 aromatic heterocycles. The van der Waals surface area contributed by atoms with E-state index in [1.165, 1.54) is 0 Å². The lowest BCUT2D eigenvalue weighted by molar-refractivity contribution is -0.188. The van der Waals surface area contributed by atoms with E-state index < -0.39 is 89.5 Å².